The van der Waals surface area contributed by atoms with Crippen LogP contribution in [0.15, 0.2) is 0 Å². The number of rotatable bonds is 8. The average molecular weight is 318 g/mol. The van der Waals surface area contributed by atoms with Gasteiger partial charge in [0, 0.05) is 0 Å². The van der Waals surface area contributed by atoms with Crippen molar-refractivity contribution in [2.24, 2.45) is 0 Å². The van der Waals surface area contributed by atoms with E-state index in [1.54, 1.807) is 6.92 Å². The maximum absolute atomic E-state index is 11.9. The molecule has 0 radical (unpaired) electrons. The van der Waals surface area contributed by atoms with Gasteiger partial charge in [-0.1, -0.05) is 13.3 Å². The minimum absolute atomic E-state index is 0.286. The summed E-state index contributed by atoms with van der Waals surface area (Å²) in [5.74, 6) is 0. The standard InChI is InChI=1S/C8H13F6O4P/c1-2-3-4-16-19(15,17-5-7(9,10)11)18-6-8(12,13)14/h2-6H2,1H3. The Morgan fingerprint density at radius 2 is 1.32 bits per heavy atom. The van der Waals surface area contributed by atoms with Crippen LogP contribution in [0.3, 0.4) is 0 Å². The molecule has 0 amide bonds. The molecular formula is C8H13F6O4P. The van der Waals surface area contributed by atoms with E-state index in [2.05, 4.69) is 13.6 Å². The summed E-state index contributed by atoms with van der Waals surface area (Å²) in [5.41, 5.74) is 0. The first-order valence-corrected chi connectivity index (χ1v) is 6.61. The highest BCUT2D eigenvalue weighted by Gasteiger charge is 2.39. The zero-order chi connectivity index (χ0) is 15.2. The third kappa shape index (κ3) is 11.2. The molecular weight excluding hydrogens is 305 g/mol. The van der Waals surface area contributed by atoms with Crippen molar-refractivity contribution in [1.29, 1.82) is 0 Å². The van der Waals surface area contributed by atoms with Crippen LogP contribution < -0.4 is 0 Å². The van der Waals surface area contributed by atoms with Gasteiger partial charge < -0.3 is 0 Å². The molecule has 0 aromatic carbocycles. The number of unbranched alkanes of at least 4 members (excludes halogenated alkanes) is 1. The maximum Gasteiger partial charge on any atom is 0.475 e. The van der Waals surface area contributed by atoms with Gasteiger partial charge in [0.2, 0.25) is 0 Å². The smallest absolute Gasteiger partial charge is 0.287 e. The van der Waals surface area contributed by atoms with Crippen LogP contribution in [0, 0.1) is 0 Å². The van der Waals surface area contributed by atoms with Crippen molar-refractivity contribution in [3.05, 3.63) is 0 Å². The van der Waals surface area contributed by atoms with Gasteiger partial charge in [-0.2, -0.15) is 26.3 Å². The number of hydrogen-bond donors (Lipinski definition) is 0. The first kappa shape index (κ1) is 18.7. The third-order valence-electron chi connectivity index (χ3n) is 1.52. The van der Waals surface area contributed by atoms with Crippen LogP contribution in [0.2, 0.25) is 0 Å². The van der Waals surface area contributed by atoms with Gasteiger partial charge in [0.1, 0.15) is 0 Å². The lowest BCUT2D eigenvalue weighted by Crippen LogP contribution is -2.20. The molecule has 0 saturated carbocycles. The van der Waals surface area contributed by atoms with E-state index >= 15 is 0 Å². The molecule has 0 fully saturated rings. The van der Waals surface area contributed by atoms with Crippen LogP contribution in [0.25, 0.3) is 0 Å². The Hall–Kier alpha value is -0.310. The van der Waals surface area contributed by atoms with Gasteiger partial charge >= 0.3 is 20.2 Å². The van der Waals surface area contributed by atoms with E-state index in [-0.39, 0.29) is 13.0 Å². The van der Waals surface area contributed by atoms with Crippen LogP contribution in [0.5, 0.6) is 0 Å². The monoisotopic (exact) mass is 318 g/mol. The number of phosphoric ester groups is 1. The van der Waals surface area contributed by atoms with E-state index in [0.717, 1.165) is 0 Å². The molecule has 19 heavy (non-hydrogen) atoms. The van der Waals surface area contributed by atoms with Crippen molar-refractivity contribution < 1.29 is 44.5 Å². The van der Waals surface area contributed by atoms with Crippen molar-refractivity contribution >= 4 is 7.82 Å². The Balaban J connectivity index is 4.49. The summed E-state index contributed by atoms with van der Waals surface area (Å²) in [6.07, 6.45) is -8.88. The highest BCUT2D eigenvalue weighted by molar-refractivity contribution is 7.48. The third-order valence-corrected chi connectivity index (χ3v) is 2.91. The molecule has 0 aliphatic carbocycles. The highest BCUT2D eigenvalue weighted by Crippen LogP contribution is 2.51. The van der Waals surface area contributed by atoms with Gasteiger partial charge in [0.15, 0.2) is 13.2 Å². The molecule has 0 atom stereocenters. The Bertz CT molecular complexity index is 281. The second kappa shape index (κ2) is 7.47. The number of halogens is 6. The van der Waals surface area contributed by atoms with Crippen molar-refractivity contribution in [2.45, 2.75) is 32.1 Å². The molecule has 0 heterocycles. The summed E-state index contributed by atoms with van der Waals surface area (Å²) in [5, 5.41) is 0. The quantitative estimate of drug-likeness (QED) is 0.384. The van der Waals surface area contributed by atoms with E-state index in [0.29, 0.717) is 6.42 Å². The number of alkyl halides is 6. The fourth-order valence-corrected chi connectivity index (χ4v) is 1.92. The second-order valence-corrected chi connectivity index (χ2v) is 5.08. The molecule has 0 rings (SSSR count). The van der Waals surface area contributed by atoms with Crippen LogP contribution in [-0.4, -0.2) is 32.2 Å². The fraction of sp³-hybridized carbons (Fsp3) is 1.00. The first-order chi connectivity index (χ1) is 8.47. The fourth-order valence-electron chi connectivity index (χ4n) is 0.737. The minimum atomic E-state index is -4.88. The predicted molar refractivity (Wildman–Crippen MR) is 52.5 cm³/mol. The predicted octanol–water partition coefficient (Wildman–Crippen LogP) is 4.07. The zero-order valence-corrected chi connectivity index (χ0v) is 10.8. The van der Waals surface area contributed by atoms with Gasteiger partial charge in [0.05, 0.1) is 6.61 Å². The Morgan fingerprint density at radius 1 is 0.895 bits per heavy atom. The van der Waals surface area contributed by atoms with Gasteiger partial charge in [-0.25, -0.2) is 4.57 Å². The summed E-state index contributed by atoms with van der Waals surface area (Å²) in [6, 6.07) is 0. The lowest BCUT2D eigenvalue weighted by Gasteiger charge is -2.19. The molecule has 0 bridgehead atoms. The van der Waals surface area contributed by atoms with Crippen LogP contribution in [-0.2, 0) is 18.1 Å². The van der Waals surface area contributed by atoms with E-state index in [1.165, 1.54) is 0 Å². The highest BCUT2D eigenvalue weighted by atomic mass is 31.2. The van der Waals surface area contributed by atoms with Crippen molar-refractivity contribution in [3.8, 4) is 0 Å². The van der Waals surface area contributed by atoms with Gasteiger partial charge in [-0.15, -0.1) is 0 Å². The summed E-state index contributed by atoms with van der Waals surface area (Å²) in [6.45, 7) is -2.67. The normalized spacial score (nSPS) is 13.8. The molecule has 116 valence electrons. The zero-order valence-electron chi connectivity index (χ0n) is 9.88. The summed E-state index contributed by atoms with van der Waals surface area (Å²) < 4.78 is 94.7. The summed E-state index contributed by atoms with van der Waals surface area (Å²) in [7, 11) is -4.88. The lowest BCUT2D eigenvalue weighted by molar-refractivity contribution is -0.170. The summed E-state index contributed by atoms with van der Waals surface area (Å²) >= 11 is 0. The molecule has 0 spiro atoms. The van der Waals surface area contributed by atoms with E-state index in [4.69, 9.17) is 0 Å². The van der Waals surface area contributed by atoms with E-state index in [9.17, 15) is 30.9 Å². The van der Waals surface area contributed by atoms with Gasteiger partial charge in [0.25, 0.3) is 0 Å². The Morgan fingerprint density at radius 3 is 1.63 bits per heavy atom. The van der Waals surface area contributed by atoms with Crippen molar-refractivity contribution in [3.63, 3.8) is 0 Å². The molecule has 4 nitrogen and oxygen atoms in total. The molecule has 0 unspecified atom stereocenters. The van der Waals surface area contributed by atoms with E-state index in [1.807, 2.05) is 0 Å². The molecule has 0 saturated heterocycles. The summed E-state index contributed by atoms with van der Waals surface area (Å²) in [4.78, 5) is 0. The Kier molecular flexibility index (Phi) is 7.34. The lowest BCUT2D eigenvalue weighted by atomic mass is 10.4. The molecule has 0 aliphatic heterocycles. The second-order valence-electron chi connectivity index (χ2n) is 3.41. The molecule has 0 aromatic rings. The number of phosphoric acid groups is 1. The molecule has 0 N–H and O–H groups in total. The SMILES string of the molecule is CCCCOP(=O)(OCC(F)(F)F)OCC(F)(F)F. The maximum atomic E-state index is 11.9. The molecule has 0 aliphatic rings. The molecule has 11 heteroatoms. The largest absolute Gasteiger partial charge is 0.475 e. The van der Waals surface area contributed by atoms with Crippen LogP contribution in [0.4, 0.5) is 26.3 Å². The molecule has 0 aromatic heterocycles. The minimum Gasteiger partial charge on any atom is -0.287 e. The topological polar surface area (TPSA) is 44.8 Å². The number of hydrogen-bond acceptors (Lipinski definition) is 4. The van der Waals surface area contributed by atoms with Crippen molar-refractivity contribution in [1.82, 2.24) is 0 Å². The first-order valence-electron chi connectivity index (χ1n) is 5.14. The Labute approximate surface area is 105 Å². The van der Waals surface area contributed by atoms with Crippen LogP contribution in [0.1, 0.15) is 19.8 Å². The van der Waals surface area contributed by atoms with Crippen molar-refractivity contribution in [2.75, 3.05) is 19.8 Å². The average Bonchev–Trinajstić information content (AvgIpc) is 2.23. The van der Waals surface area contributed by atoms with E-state index < -0.39 is 33.4 Å². The van der Waals surface area contributed by atoms with Gasteiger partial charge in [-0.3, -0.25) is 13.6 Å². The van der Waals surface area contributed by atoms with Gasteiger partial charge in [-0.05, 0) is 6.42 Å². The van der Waals surface area contributed by atoms with Crippen LogP contribution >= 0.6 is 7.82 Å².